The van der Waals surface area contributed by atoms with Crippen LogP contribution in [0.2, 0.25) is 10.0 Å². The summed E-state index contributed by atoms with van der Waals surface area (Å²) in [5.41, 5.74) is 0.0315. The molecule has 0 saturated heterocycles. The third kappa shape index (κ3) is 2.84. The van der Waals surface area contributed by atoms with Crippen LogP contribution in [0.3, 0.4) is 0 Å². The number of carboxylic acid groups (broad SMARTS) is 1. The van der Waals surface area contributed by atoms with Crippen LogP contribution in [0.1, 0.15) is 17.3 Å². The second kappa shape index (κ2) is 4.51. The lowest BCUT2D eigenvalue weighted by molar-refractivity contribution is -0.114. The molecule has 0 aliphatic heterocycles. The fraction of sp³-hybridized carbons (Fsp3) is 0.111. The summed E-state index contributed by atoms with van der Waals surface area (Å²) < 4.78 is 0. The van der Waals surface area contributed by atoms with Crippen molar-refractivity contribution in [1.29, 1.82) is 0 Å². The molecule has 1 aromatic carbocycles. The molecule has 80 valence electrons. The van der Waals surface area contributed by atoms with Crippen molar-refractivity contribution in [1.82, 2.24) is 0 Å². The highest BCUT2D eigenvalue weighted by atomic mass is 35.5. The maximum Gasteiger partial charge on any atom is 0.337 e. The van der Waals surface area contributed by atoms with Gasteiger partial charge in [-0.2, -0.15) is 0 Å². The van der Waals surface area contributed by atoms with E-state index in [1.165, 1.54) is 19.1 Å². The van der Waals surface area contributed by atoms with Crippen molar-refractivity contribution < 1.29 is 14.7 Å². The van der Waals surface area contributed by atoms with Crippen LogP contribution in [0.15, 0.2) is 12.1 Å². The third-order valence-electron chi connectivity index (χ3n) is 1.60. The molecule has 0 unspecified atom stereocenters. The van der Waals surface area contributed by atoms with Crippen molar-refractivity contribution in [3.8, 4) is 0 Å². The summed E-state index contributed by atoms with van der Waals surface area (Å²) in [6.07, 6.45) is 0. The highest BCUT2D eigenvalue weighted by Crippen LogP contribution is 2.29. The standard InChI is InChI=1S/C9H7Cl2NO3/c1-4(13)12-8-3-7(11)6(10)2-5(8)9(14)15/h2-3H,1H3,(H,12,13)(H,14,15). The minimum atomic E-state index is -1.18. The predicted octanol–water partition coefficient (Wildman–Crippen LogP) is 2.65. The summed E-state index contributed by atoms with van der Waals surface area (Å²) >= 11 is 11.4. The highest BCUT2D eigenvalue weighted by molar-refractivity contribution is 6.42. The number of nitrogens with one attached hydrogen (secondary N) is 1. The molecule has 0 aromatic heterocycles. The van der Waals surface area contributed by atoms with Crippen LogP contribution in [0.5, 0.6) is 0 Å². The van der Waals surface area contributed by atoms with E-state index in [0.717, 1.165) is 0 Å². The number of amides is 1. The van der Waals surface area contributed by atoms with Gasteiger partial charge < -0.3 is 10.4 Å². The molecule has 0 fully saturated rings. The fourth-order valence-corrected chi connectivity index (χ4v) is 1.34. The van der Waals surface area contributed by atoms with Gasteiger partial charge in [0.05, 0.1) is 21.3 Å². The van der Waals surface area contributed by atoms with E-state index in [1.54, 1.807) is 0 Å². The summed E-state index contributed by atoms with van der Waals surface area (Å²) in [7, 11) is 0. The van der Waals surface area contributed by atoms with E-state index < -0.39 is 5.97 Å². The van der Waals surface area contributed by atoms with Crippen molar-refractivity contribution in [3.63, 3.8) is 0 Å². The Bertz CT molecular complexity index is 432. The Morgan fingerprint density at radius 2 is 1.80 bits per heavy atom. The van der Waals surface area contributed by atoms with Crippen LogP contribution in [0, 0.1) is 0 Å². The molecule has 1 amide bonds. The second-order valence-corrected chi connectivity index (χ2v) is 3.61. The number of anilines is 1. The lowest BCUT2D eigenvalue weighted by atomic mass is 10.2. The number of benzene rings is 1. The fourth-order valence-electron chi connectivity index (χ4n) is 1.02. The first-order valence-corrected chi connectivity index (χ1v) is 4.67. The van der Waals surface area contributed by atoms with E-state index in [2.05, 4.69) is 5.32 Å². The van der Waals surface area contributed by atoms with Crippen molar-refractivity contribution in [2.45, 2.75) is 6.92 Å². The maximum atomic E-state index is 10.8. The zero-order valence-electron chi connectivity index (χ0n) is 7.67. The molecule has 2 N–H and O–H groups in total. The monoisotopic (exact) mass is 247 g/mol. The quantitative estimate of drug-likeness (QED) is 0.845. The number of hydrogen-bond donors (Lipinski definition) is 2. The number of rotatable bonds is 2. The van der Waals surface area contributed by atoms with Gasteiger partial charge in [-0.25, -0.2) is 4.79 Å². The Labute approximate surface area is 95.8 Å². The van der Waals surface area contributed by atoms with Gasteiger partial charge in [0.1, 0.15) is 0 Å². The molecule has 0 heterocycles. The van der Waals surface area contributed by atoms with Crippen molar-refractivity contribution in [3.05, 3.63) is 27.7 Å². The Kier molecular flexibility index (Phi) is 3.55. The van der Waals surface area contributed by atoms with Gasteiger partial charge in [-0.3, -0.25) is 4.79 Å². The second-order valence-electron chi connectivity index (χ2n) is 2.80. The largest absolute Gasteiger partial charge is 0.478 e. The average molecular weight is 248 g/mol. The number of carbonyl (C=O) groups excluding carboxylic acids is 1. The smallest absolute Gasteiger partial charge is 0.337 e. The van der Waals surface area contributed by atoms with Crippen LogP contribution in [0.4, 0.5) is 5.69 Å². The van der Waals surface area contributed by atoms with Crippen molar-refractivity contribution in [2.75, 3.05) is 5.32 Å². The molecule has 1 aromatic rings. The van der Waals surface area contributed by atoms with Crippen LogP contribution >= 0.6 is 23.2 Å². The lowest BCUT2D eigenvalue weighted by Crippen LogP contribution is -2.10. The molecule has 0 saturated carbocycles. The summed E-state index contributed by atoms with van der Waals surface area (Å²) in [5, 5.41) is 11.5. The summed E-state index contributed by atoms with van der Waals surface area (Å²) in [5.74, 6) is -1.56. The minimum absolute atomic E-state index is 0.0976. The first-order chi connectivity index (χ1) is 6.91. The molecule has 6 heteroatoms. The molecule has 4 nitrogen and oxygen atoms in total. The number of carboxylic acids is 1. The van der Waals surface area contributed by atoms with Gasteiger partial charge in [-0.1, -0.05) is 23.2 Å². The van der Waals surface area contributed by atoms with Gasteiger partial charge in [-0.05, 0) is 12.1 Å². The first kappa shape index (κ1) is 11.8. The summed E-state index contributed by atoms with van der Waals surface area (Å²) in [4.78, 5) is 21.6. The van der Waals surface area contributed by atoms with E-state index in [0.29, 0.717) is 0 Å². The molecule has 1 rings (SSSR count). The number of carbonyl (C=O) groups is 2. The van der Waals surface area contributed by atoms with Crippen LogP contribution in [-0.4, -0.2) is 17.0 Å². The number of halogens is 2. The van der Waals surface area contributed by atoms with E-state index in [-0.39, 0.29) is 27.2 Å². The number of aromatic carboxylic acids is 1. The van der Waals surface area contributed by atoms with Gasteiger partial charge in [0, 0.05) is 6.92 Å². The van der Waals surface area contributed by atoms with Crippen LogP contribution in [-0.2, 0) is 4.79 Å². The molecule has 0 spiro atoms. The molecule has 0 atom stereocenters. The van der Waals surface area contributed by atoms with E-state index >= 15 is 0 Å². The highest BCUT2D eigenvalue weighted by Gasteiger charge is 2.14. The Balaban J connectivity index is 3.28. The van der Waals surface area contributed by atoms with Gasteiger partial charge in [-0.15, -0.1) is 0 Å². The third-order valence-corrected chi connectivity index (χ3v) is 2.32. The SMILES string of the molecule is CC(=O)Nc1cc(Cl)c(Cl)cc1C(=O)O. The predicted molar refractivity (Wildman–Crippen MR) is 57.7 cm³/mol. The van der Waals surface area contributed by atoms with E-state index in [4.69, 9.17) is 28.3 Å². The molecular formula is C9H7Cl2NO3. The normalized spacial score (nSPS) is 9.80. The van der Waals surface area contributed by atoms with E-state index in [9.17, 15) is 9.59 Å². The van der Waals surface area contributed by atoms with Gasteiger partial charge in [0.2, 0.25) is 5.91 Å². The first-order valence-electron chi connectivity index (χ1n) is 3.91. The molecule has 0 aliphatic carbocycles. The number of hydrogen-bond acceptors (Lipinski definition) is 2. The van der Waals surface area contributed by atoms with Crippen molar-refractivity contribution in [2.24, 2.45) is 0 Å². The van der Waals surface area contributed by atoms with E-state index in [1.807, 2.05) is 0 Å². The summed E-state index contributed by atoms with van der Waals surface area (Å²) in [6.45, 7) is 1.27. The van der Waals surface area contributed by atoms with Crippen LogP contribution < -0.4 is 5.32 Å². The lowest BCUT2D eigenvalue weighted by Gasteiger charge is -2.08. The molecular weight excluding hydrogens is 241 g/mol. The Hall–Kier alpha value is -1.26. The molecule has 0 aliphatic rings. The van der Waals surface area contributed by atoms with Crippen molar-refractivity contribution >= 4 is 40.8 Å². The molecule has 0 bridgehead atoms. The zero-order valence-corrected chi connectivity index (χ0v) is 9.19. The maximum absolute atomic E-state index is 10.8. The average Bonchev–Trinajstić information content (AvgIpc) is 2.09. The van der Waals surface area contributed by atoms with Gasteiger partial charge in [0.25, 0.3) is 0 Å². The topological polar surface area (TPSA) is 66.4 Å². The Morgan fingerprint density at radius 1 is 1.27 bits per heavy atom. The van der Waals surface area contributed by atoms with Crippen LogP contribution in [0.25, 0.3) is 0 Å². The molecule has 0 radical (unpaired) electrons. The molecule has 15 heavy (non-hydrogen) atoms. The van der Waals surface area contributed by atoms with Gasteiger partial charge >= 0.3 is 5.97 Å². The summed E-state index contributed by atoms with van der Waals surface area (Å²) in [6, 6.07) is 2.49. The van der Waals surface area contributed by atoms with Gasteiger partial charge in [0.15, 0.2) is 0 Å². The minimum Gasteiger partial charge on any atom is -0.478 e. The zero-order chi connectivity index (χ0) is 11.6. The Morgan fingerprint density at radius 3 is 2.27 bits per heavy atom.